The van der Waals surface area contributed by atoms with Crippen molar-refractivity contribution in [3.63, 3.8) is 0 Å². The molecule has 0 nitrogen and oxygen atoms in total. The zero-order chi connectivity index (χ0) is 0. The molecule has 0 unspecified atom stereocenters. The average Bonchev–Trinajstić information content (AvgIpc) is 0. The standard InChI is InChI=1S/Al.Mg.Sc.Zr. The Labute approximate surface area is 90.7 Å². The van der Waals surface area contributed by atoms with Crippen molar-refractivity contribution in [3.8, 4) is 0 Å². The molecule has 0 aliphatic rings. The molecule has 0 aromatic rings. The van der Waals surface area contributed by atoms with Gasteiger partial charge in [0.25, 0.3) is 0 Å². The molecule has 0 spiro atoms. The van der Waals surface area contributed by atoms with Crippen LogP contribution in [0, 0.1) is 0 Å². The summed E-state index contributed by atoms with van der Waals surface area (Å²) in [5, 5.41) is 0. The maximum atomic E-state index is 0. The predicted octanol–water partition coefficient (Wildman–Crippen LogP) is -0.767. The Hall–Kier alpha value is 3.05. The van der Waals surface area contributed by atoms with E-state index in [-0.39, 0.29) is 92.5 Å². The molecule has 12 valence electrons. The zero-order valence-electron chi connectivity index (χ0n) is 2.36. The van der Waals surface area contributed by atoms with Crippen LogP contribution in [0.25, 0.3) is 0 Å². The monoisotopic (exact) mass is 186 g/mol. The molecule has 0 aliphatic carbocycles. The Bertz CT molecular complexity index is 8.00. The Kier molecular flexibility index (Phi) is 115. The van der Waals surface area contributed by atoms with Gasteiger partial charge in [-0.25, -0.2) is 0 Å². The van der Waals surface area contributed by atoms with Crippen LogP contribution in [0.15, 0.2) is 0 Å². The molecule has 6 radical (unpaired) electrons. The predicted molar refractivity (Wildman–Crippen MR) is 11.5 cm³/mol. The van der Waals surface area contributed by atoms with E-state index in [1.165, 1.54) is 0 Å². The van der Waals surface area contributed by atoms with Gasteiger partial charge >= 0.3 is 0 Å². The SMILES string of the molecule is [Al].[Mg].[Sc].[Zr]. The summed E-state index contributed by atoms with van der Waals surface area (Å²) in [6, 6.07) is 0. The van der Waals surface area contributed by atoms with E-state index in [1.807, 2.05) is 0 Å². The van der Waals surface area contributed by atoms with E-state index >= 15 is 0 Å². The van der Waals surface area contributed by atoms with E-state index in [0.29, 0.717) is 0 Å². The van der Waals surface area contributed by atoms with Crippen molar-refractivity contribution >= 4 is 40.4 Å². The van der Waals surface area contributed by atoms with Crippen LogP contribution in [0.4, 0.5) is 0 Å². The molecule has 0 bridgehead atoms. The van der Waals surface area contributed by atoms with Crippen LogP contribution < -0.4 is 0 Å². The van der Waals surface area contributed by atoms with Crippen LogP contribution in [0.5, 0.6) is 0 Å². The molecule has 0 saturated carbocycles. The summed E-state index contributed by atoms with van der Waals surface area (Å²) in [4.78, 5) is 0. The van der Waals surface area contributed by atoms with Gasteiger partial charge in [0.15, 0.2) is 0 Å². The molecule has 0 heterocycles. The first kappa shape index (κ1) is 27.7. The molecule has 0 saturated heterocycles. The molecule has 0 N–H and O–H groups in total. The van der Waals surface area contributed by atoms with Crippen molar-refractivity contribution in [2.45, 2.75) is 0 Å². The maximum absolute atomic E-state index is 0. The maximum Gasteiger partial charge on any atom is 0 e. The van der Waals surface area contributed by atoms with Gasteiger partial charge in [-0.2, -0.15) is 0 Å². The van der Waals surface area contributed by atoms with Crippen LogP contribution in [0.2, 0.25) is 0 Å². The molecule has 0 aromatic heterocycles. The minimum atomic E-state index is 0. The fraction of sp³-hybridized carbons (Fsp3) is 0. The van der Waals surface area contributed by atoms with Gasteiger partial charge in [-0.15, -0.1) is 0 Å². The van der Waals surface area contributed by atoms with E-state index in [2.05, 4.69) is 0 Å². The fourth-order valence-electron chi connectivity index (χ4n) is 0. The van der Waals surface area contributed by atoms with Gasteiger partial charge in [0, 0.05) is 92.5 Å². The van der Waals surface area contributed by atoms with Gasteiger partial charge in [0.1, 0.15) is 0 Å². The Morgan fingerprint density at radius 2 is 1.00 bits per heavy atom. The summed E-state index contributed by atoms with van der Waals surface area (Å²) in [7, 11) is 0. The van der Waals surface area contributed by atoms with E-state index < -0.39 is 0 Å². The van der Waals surface area contributed by atoms with E-state index in [0.717, 1.165) is 0 Å². The largest absolute Gasteiger partial charge is 0 e. The second-order valence-electron chi connectivity index (χ2n) is 0. The second-order valence-corrected chi connectivity index (χ2v) is 0. The quantitative estimate of drug-likeness (QED) is 0.437. The molecule has 0 aliphatic heterocycles. The third-order valence-electron chi connectivity index (χ3n) is 0. The summed E-state index contributed by atoms with van der Waals surface area (Å²) in [5.41, 5.74) is 0. The molecular formula is AlMgScZr. The van der Waals surface area contributed by atoms with Gasteiger partial charge in [0.05, 0.1) is 0 Å². The molecule has 4 heteroatoms. The van der Waals surface area contributed by atoms with Gasteiger partial charge in [-0.3, -0.25) is 0 Å². The van der Waals surface area contributed by atoms with Crippen LogP contribution in [0.3, 0.4) is 0 Å². The van der Waals surface area contributed by atoms with Crippen LogP contribution in [-0.4, -0.2) is 40.4 Å². The number of hydrogen-bond acceptors (Lipinski definition) is 0. The zero-order valence-corrected chi connectivity index (χ0v) is 9.19. The second kappa shape index (κ2) is 16.6. The summed E-state index contributed by atoms with van der Waals surface area (Å²) >= 11 is 0. The number of rotatable bonds is 0. The summed E-state index contributed by atoms with van der Waals surface area (Å²) in [5.74, 6) is 0. The average molecular weight is 187 g/mol. The Morgan fingerprint density at radius 3 is 1.00 bits per heavy atom. The molecular weight excluding hydrogens is 187 g/mol. The molecule has 0 amide bonds. The Morgan fingerprint density at radius 1 is 1.00 bits per heavy atom. The van der Waals surface area contributed by atoms with Gasteiger partial charge in [-0.05, 0) is 0 Å². The van der Waals surface area contributed by atoms with Crippen LogP contribution >= 0.6 is 0 Å². The van der Waals surface area contributed by atoms with E-state index in [9.17, 15) is 0 Å². The normalized spacial score (nSPS) is 0. The first-order chi connectivity index (χ1) is 0. The van der Waals surface area contributed by atoms with Crippen LogP contribution in [0.1, 0.15) is 0 Å². The van der Waals surface area contributed by atoms with Crippen LogP contribution in [-0.2, 0) is 52.0 Å². The van der Waals surface area contributed by atoms with Gasteiger partial charge in [-0.1, -0.05) is 0 Å². The fourth-order valence-corrected chi connectivity index (χ4v) is 0. The smallest absolute Gasteiger partial charge is 0 e. The summed E-state index contributed by atoms with van der Waals surface area (Å²) in [6.45, 7) is 0. The molecule has 0 fully saturated rings. The van der Waals surface area contributed by atoms with Crippen molar-refractivity contribution in [1.29, 1.82) is 0 Å². The summed E-state index contributed by atoms with van der Waals surface area (Å²) < 4.78 is 0. The number of hydrogen-bond donors (Lipinski definition) is 0. The molecule has 0 rings (SSSR count). The Balaban J connectivity index is 0. The van der Waals surface area contributed by atoms with Crippen molar-refractivity contribution in [2.24, 2.45) is 0 Å². The minimum Gasteiger partial charge on any atom is 0 e. The third kappa shape index (κ3) is 8.90. The minimum absolute atomic E-state index is 0. The third-order valence-corrected chi connectivity index (χ3v) is 0. The van der Waals surface area contributed by atoms with Gasteiger partial charge < -0.3 is 0 Å². The van der Waals surface area contributed by atoms with Crippen molar-refractivity contribution < 1.29 is 52.0 Å². The first-order valence-electron chi connectivity index (χ1n) is 0. The molecule has 4 heavy (non-hydrogen) atoms. The van der Waals surface area contributed by atoms with E-state index in [1.54, 1.807) is 0 Å². The first-order valence-corrected chi connectivity index (χ1v) is 0. The topological polar surface area (TPSA) is 0 Å². The van der Waals surface area contributed by atoms with Gasteiger partial charge in [0.2, 0.25) is 0 Å². The van der Waals surface area contributed by atoms with E-state index in [4.69, 9.17) is 0 Å². The molecule has 0 aromatic carbocycles. The van der Waals surface area contributed by atoms with Crippen molar-refractivity contribution in [2.75, 3.05) is 0 Å². The molecule has 0 atom stereocenters. The summed E-state index contributed by atoms with van der Waals surface area (Å²) in [6.07, 6.45) is 0. The van der Waals surface area contributed by atoms with Crippen molar-refractivity contribution in [1.82, 2.24) is 0 Å². The van der Waals surface area contributed by atoms with Crippen molar-refractivity contribution in [3.05, 3.63) is 0 Å².